The van der Waals surface area contributed by atoms with E-state index in [0.717, 1.165) is 17.7 Å². The Hall–Kier alpha value is -2.89. The van der Waals surface area contributed by atoms with Crippen molar-refractivity contribution in [2.75, 3.05) is 13.1 Å². The van der Waals surface area contributed by atoms with Crippen molar-refractivity contribution in [2.24, 2.45) is 0 Å². The van der Waals surface area contributed by atoms with Gasteiger partial charge in [-0.2, -0.15) is 0 Å². The average molecular weight is 381 g/mol. The zero-order valence-electron chi connectivity index (χ0n) is 16.7. The zero-order valence-corrected chi connectivity index (χ0v) is 16.7. The number of rotatable bonds is 4. The fraction of sp³-hybridized carbons (Fsp3) is 0.409. The number of benzene rings is 1. The van der Waals surface area contributed by atoms with Gasteiger partial charge < -0.3 is 14.8 Å². The van der Waals surface area contributed by atoms with E-state index in [2.05, 4.69) is 4.98 Å². The molecule has 0 bridgehead atoms. The summed E-state index contributed by atoms with van der Waals surface area (Å²) < 4.78 is 0. The van der Waals surface area contributed by atoms with Crippen LogP contribution in [0, 0.1) is 13.8 Å². The smallest absolute Gasteiger partial charge is 0.261 e. The van der Waals surface area contributed by atoms with Gasteiger partial charge in [-0.1, -0.05) is 37.3 Å². The zero-order chi connectivity index (χ0) is 20.3. The van der Waals surface area contributed by atoms with Crippen LogP contribution in [0.15, 0.2) is 41.2 Å². The van der Waals surface area contributed by atoms with Crippen LogP contribution in [0.5, 0.6) is 0 Å². The minimum Gasteiger partial charge on any atom is -0.336 e. The fourth-order valence-electron chi connectivity index (χ4n) is 3.83. The Morgan fingerprint density at radius 2 is 1.89 bits per heavy atom. The van der Waals surface area contributed by atoms with Gasteiger partial charge in [0.15, 0.2) is 0 Å². The lowest BCUT2D eigenvalue weighted by molar-refractivity contribution is -0.133. The highest BCUT2D eigenvalue weighted by Gasteiger charge is 2.32. The first kappa shape index (κ1) is 19.9. The van der Waals surface area contributed by atoms with E-state index in [1.54, 1.807) is 24.8 Å². The molecule has 1 atom stereocenters. The van der Waals surface area contributed by atoms with Gasteiger partial charge >= 0.3 is 0 Å². The molecule has 1 saturated heterocycles. The second-order valence-electron chi connectivity index (χ2n) is 7.41. The number of pyridine rings is 1. The first-order valence-corrected chi connectivity index (χ1v) is 9.74. The van der Waals surface area contributed by atoms with E-state index in [9.17, 15) is 14.4 Å². The number of hydrogen-bond acceptors (Lipinski definition) is 3. The van der Waals surface area contributed by atoms with Gasteiger partial charge in [0.1, 0.15) is 5.56 Å². The van der Waals surface area contributed by atoms with Crippen LogP contribution in [0.4, 0.5) is 0 Å². The summed E-state index contributed by atoms with van der Waals surface area (Å²) in [5, 5.41) is 0. The van der Waals surface area contributed by atoms with Crippen molar-refractivity contribution in [2.45, 2.75) is 46.2 Å². The van der Waals surface area contributed by atoms with E-state index in [1.807, 2.05) is 42.2 Å². The van der Waals surface area contributed by atoms with Crippen molar-refractivity contribution < 1.29 is 9.59 Å². The van der Waals surface area contributed by atoms with Gasteiger partial charge in [-0.3, -0.25) is 14.4 Å². The number of carbonyl (C=O) groups is 2. The Kier molecular flexibility index (Phi) is 5.97. The van der Waals surface area contributed by atoms with Crippen molar-refractivity contribution in [3.05, 3.63) is 69.1 Å². The molecule has 28 heavy (non-hydrogen) atoms. The highest BCUT2D eigenvalue weighted by molar-refractivity contribution is 5.95. The highest BCUT2D eigenvalue weighted by atomic mass is 16.2. The lowest BCUT2D eigenvalue weighted by Gasteiger charge is -2.31. The molecule has 1 aliphatic heterocycles. The molecule has 0 radical (unpaired) electrons. The first-order valence-electron chi connectivity index (χ1n) is 9.74. The van der Waals surface area contributed by atoms with E-state index < -0.39 is 0 Å². The molecule has 0 spiro atoms. The summed E-state index contributed by atoms with van der Waals surface area (Å²) in [6.45, 7) is 6.88. The van der Waals surface area contributed by atoms with Crippen LogP contribution < -0.4 is 5.56 Å². The second-order valence-corrected chi connectivity index (χ2v) is 7.41. The third-order valence-electron chi connectivity index (χ3n) is 5.32. The topological polar surface area (TPSA) is 73.5 Å². The molecule has 148 valence electrons. The van der Waals surface area contributed by atoms with Gasteiger partial charge in [-0.25, -0.2) is 0 Å². The molecule has 0 unspecified atom stereocenters. The Bertz CT molecular complexity index is 920. The van der Waals surface area contributed by atoms with Crippen molar-refractivity contribution >= 4 is 11.8 Å². The summed E-state index contributed by atoms with van der Waals surface area (Å²) in [5.41, 5.74) is 2.26. The van der Waals surface area contributed by atoms with Crippen LogP contribution in [0.2, 0.25) is 0 Å². The monoisotopic (exact) mass is 381 g/mol. The quantitative estimate of drug-likeness (QED) is 0.885. The summed E-state index contributed by atoms with van der Waals surface area (Å²) in [5.74, 6) is -0.257. The molecule has 1 aromatic heterocycles. The molecule has 2 amide bonds. The molecule has 2 aromatic rings. The standard InChI is InChI=1S/C22H27N3O3/c1-4-18-14-24(22(28)20-15(2)12-16(3)23-21(20)27)11-10-19(26)25(18)13-17-8-6-5-7-9-17/h5-9,12,18H,4,10-11,13-14H2,1-3H3,(H,23,27)/t18-/m0/s1. The minimum absolute atomic E-state index is 0.0422. The van der Waals surface area contributed by atoms with Gasteiger partial charge in [0, 0.05) is 37.8 Å². The molecule has 6 nitrogen and oxygen atoms in total. The maximum Gasteiger partial charge on any atom is 0.261 e. The maximum atomic E-state index is 13.1. The van der Waals surface area contributed by atoms with Gasteiger partial charge in [0.05, 0.1) is 0 Å². The van der Waals surface area contributed by atoms with Crippen LogP contribution in [-0.4, -0.2) is 45.7 Å². The second kappa shape index (κ2) is 8.42. The van der Waals surface area contributed by atoms with E-state index in [-0.39, 0.29) is 35.4 Å². The van der Waals surface area contributed by atoms with Crippen LogP contribution in [-0.2, 0) is 11.3 Å². The molecule has 2 heterocycles. The van der Waals surface area contributed by atoms with E-state index in [4.69, 9.17) is 0 Å². The van der Waals surface area contributed by atoms with Crippen molar-refractivity contribution in [1.29, 1.82) is 0 Å². The molecule has 1 N–H and O–H groups in total. The number of nitrogens with zero attached hydrogens (tertiary/aromatic N) is 2. The summed E-state index contributed by atoms with van der Waals surface area (Å²) in [4.78, 5) is 44.5. The number of amides is 2. The lowest BCUT2D eigenvalue weighted by atomic mass is 10.1. The van der Waals surface area contributed by atoms with Crippen LogP contribution >= 0.6 is 0 Å². The van der Waals surface area contributed by atoms with Crippen LogP contribution in [0.25, 0.3) is 0 Å². The fourth-order valence-corrected chi connectivity index (χ4v) is 3.83. The lowest BCUT2D eigenvalue weighted by Crippen LogP contribution is -2.44. The molecule has 3 rings (SSSR count). The number of nitrogens with one attached hydrogen (secondary N) is 1. The highest BCUT2D eigenvalue weighted by Crippen LogP contribution is 2.19. The van der Waals surface area contributed by atoms with Gasteiger partial charge in [0.2, 0.25) is 5.91 Å². The normalized spacial score (nSPS) is 17.5. The summed E-state index contributed by atoms with van der Waals surface area (Å²) in [6.07, 6.45) is 1.00. The summed E-state index contributed by atoms with van der Waals surface area (Å²) in [7, 11) is 0. The predicted octanol–water partition coefficient (Wildman–Crippen LogP) is 2.65. The largest absolute Gasteiger partial charge is 0.336 e. The first-order chi connectivity index (χ1) is 13.4. The molecule has 0 aliphatic carbocycles. The maximum absolute atomic E-state index is 13.1. The van der Waals surface area contributed by atoms with Gasteiger partial charge in [-0.15, -0.1) is 0 Å². The third-order valence-corrected chi connectivity index (χ3v) is 5.32. The van der Waals surface area contributed by atoms with E-state index in [1.165, 1.54) is 0 Å². The predicted molar refractivity (Wildman–Crippen MR) is 108 cm³/mol. The number of aromatic amines is 1. The van der Waals surface area contributed by atoms with Crippen molar-refractivity contribution in [3.8, 4) is 0 Å². The Morgan fingerprint density at radius 1 is 1.18 bits per heavy atom. The SMILES string of the molecule is CC[C@H]1CN(C(=O)c2c(C)cc(C)[nH]c2=O)CCC(=O)N1Cc1ccccc1. The molecule has 1 fully saturated rings. The van der Waals surface area contributed by atoms with E-state index in [0.29, 0.717) is 25.2 Å². The number of H-pyrrole nitrogens is 1. The Morgan fingerprint density at radius 3 is 2.54 bits per heavy atom. The summed E-state index contributed by atoms with van der Waals surface area (Å²) in [6, 6.07) is 11.6. The molecule has 1 aromatic carbocycles. The molecule has 6 heteroatoms. The minimum atomic E-state index is -0.368. The molecular weight excluding hydrogens is 354 g/mol. The third kappa shape index (κ3) is 4.16. The number of hydrogen-bond donors (Lipinski definition) is 1. The van der Waals surface area contributed by atoms with E-state index >= 15 is 0 Å². The van der Waals surface area contributed by atoms with Gasteiger partial charge in [0.25, 0.3) is 11.5 Å². The average Bonchev–Trinajstić information content (AvgIpc) is 2.81. The van der Waals surface area contributed by atoms with Gasteiger partial charge in [-0.05, 0) is 37.5 Å². The number of aromatic nitrogens is 1. The molecule has 0 saturated carbocycles. The van der Waals surface area contributed by atoms with Crippen molar-refractivity contribution in [3.63, 3.8) is 0 Å². The Labute approximate surface area is 165 Å². The Balaban J connectivity index is 1.85. The summed E-state index contributed by atoms with van der Waals surface area (Å²) >= 11 is 0. The van der Waals surface area contributed by atoms with Crippen LogP contribution in [0.1, 0.15) is 46.9 Å². The van der Waals surface area contributed by atoms with Crippen molar-refractivity contribution in [1.82, 2.24) is 14.8 Å². The van der Waals surface area contributed by atoms with Crippen LogP contribution in [0.3, 0.4) is 0 Å². The molecular formula is C22H27N3O3. The molecule has 1 aliphatic rings. The number of carbonyl (C=O) groups excluding carboxylic acids is 2. The number of aryl methyl sites for hydroxylation is 2.